The molecule has 1 atom stereocenters. The molecule has 0 bridgehead atoms. The number of likely N-dealkylation sites (N-methyl/N-ethyl adjacent to an activating group) is 1. The van der Waals surface area contributed by atoms with Gasteiger partial charge in [-0.25, -0.2) is 0 Å². The summed E-state index contributed by atoms with van der Waals surface area (Å²) in [6, 6.07) is 0. The number of carbonyl (C=O) groups is 2. The Morgan fingerprint density at radius 2 is 1.84 bits per heavy atom. The van der Waals surface area contributed by atoms with Crippen molar-refractivity contribution >= 4 is 23.7 Å². The molecule has 0 aromatic heterocycles. The van der Waals surface area contributed by atoms with Crippen LogP contribution in [0, 0.1) is 5.92 Å². The summed E-state index contributed by atoms with van der Waals surface area (Å²) in [6.45, 7) is 5.19. The maximum Gasteiger partial charge on any atom is 0.315 e. The standard InChI is InChI=1S/C13H26NO4S/c1-6-17-12(15)10-19-9-11(2)13(16)18-8-7-14(3,4)5/h11H,6-10H2,1-5H3/q+1. The fourth-order valence-electron chi connectivity index (χ4n) is 1.15. The molecule has 112 valence electrons. The van der Waals surface area contributed by atoms with E-state index in [4.69, 9.17) is 9.47 Å². The first-order chi connectivity index (χ1) is 8.76. The molecule has 1 unspecified atom stereocenters. The summed E-state index contributed by atoms with van der Waals surface area (Å²) in [5.41, 5.74) is 0. The molecule has 6 heteroatoms. The summed E-state index contributed by atoms with van der Waals surface area (Å²) in [7, 11) is 6.14. The minimum absolute atomic E-state index is 0.202. The van der Waals surface area contributed by atoms with Gasteiger partial charge in [0.25, 0.3) is 0 Å². The number of ether oxygens (including phenoxy) is 2. The lowest BCUT2D eigenvalue weighted by atomic mass is 10.2. The second-order valence-electron chi connectivity index (χ2n) is 5.40. The second-order valence-corrected chi connectivity index (χ2v) is 6.43. The summed E-state index contributed by atoms with van der Waals surface area (Å²) in [5, 5.41) is 0. The van der Waals surface area contributed by atoms with Crippen molar-refractivity contribution in [3.8, 4) is 0 Å². The third kappa shape index (κ3) is 10.8. The number of esters is 2. The largest absolute Gasteiger partial charge is 0.465 e. The van der Waals surface area contributed by atoms with Gasteiger partial charge in [0.05, 0.1) is 39.4 Å². The van der Waals surface area contributed by atoms with Crippen molar-refractivity contribution in [2.45, 2.75) is 13.8 Å². The van der Waals surface area contributed by atoms with E-state index >= 15 is 0 Å². The Labute approximate surface area is 120 Å². The first-order valence-corrected chi connectivity index (χ1v) is 7.62. The number of hydrogen-bond donors (Lipinski definition) is 0. The predicted molar refractivity (Wildman–Crippen MR) is 77.0 cm³/mol. The Morgan fingerprint density at radius 3 is 2.37 bits per heavy atom. The van der Waals surface area contributed by atoms with Crippen LogP contribution >= 0.6 is 11.8 Å². The van der Waals surface area contributed by atoms with E-state index in [0.29, 0.717) is 19.0 Å². The van der Waals surface area contributed by atoms with Gasteiger partial charge in [-0.15, -0.1) is 11.8 Å². The predicted octanol–water partition coefficient (Wildman–Crippen LogP) is 1.17. The van der Waals surface area contributed by atoms with Gasteiger partial charge in [-0.3, -0.25) is 9.59 Å². The minimum atomic E-state index is -0.238. The number of rotatable bonds is 9. The maximum atomic E-state index is 11.7. The van der Waals surface area contributed by atoms with Gasteiger partial charge in [-0.05, 0) is 6.92 Å². The molecule has 0 saturated carbocycles. The van der Waals surface area contributed by atoms with Gasteiger partial charge >= 0.3 is 11.9 Å². The highest BCUT2D eigenvalue weighted by atomic mass is 32.2. The summed E-state index contributed by atoms with van der Waals surface area (Å²) in [6.07, 6.45) is 0. The van der Waals surface area contributed by atoms with E-state index in [1.807, 2.05) is 28.1 Å². The van der Waals surface area contributed by atoms with Crippen molar-refractivity contribution in [1.29, 1.82) is 0 Å². The van der Waals surface area contributed by atoms with Gasteiger partial charge in [0.15, 0.2) is 0 Å². The summed E-state index contributed by atoms with van der Waals surface area (Å²) < 4.78 is 10.8. The number of quaternary nitrogens is 1. The van der Waals surface area contributed by atoms with Gasteiger partial charge in [0, 0.05) is 5.75 Å². The van der Waals surface area contributed by atoms with E-state index in [1.54, 1.807) is 6.92 Å². The zero-order chi connectivity index (χ0) is 14.9. The third-order valence-electron chi connectivity index (χ3n) is 2.30. The Morgan fingerprint density at radius 1 is 1.21 bits per heavy atom. The van der Waals surface area contributed by atoms with Crippen LogP contribution in [0.25, 0.3) is 0 Å². The van der Waals surface area contributed by atoms with Crippen LogP contribution in [0.2, 0.25) is 0 Å². The highest BCUT2D eigenvalue weighted by Crippen LogP contribution is 2.10. The smallest absolute Gasteiger partial charge is 0.315 e. The molecule has 0 aliphatic heterocycles. The van der Waals surface area contributed by atoms with Crippen LogP contribution in [0.5, 0.6) is 0 Å². The molecule has 0 aliphatic carbocycles. The molecule has 0 aromatic carbocycles. The van der Waals surface area contributed by atoms with Crippen LogP contribution in [-0.4, -0.2) is 68.8 Å². The van der Waals surface area contributed by atoms with Crippen molar-refractivity contribution in [2.24, 2.45) is 5.92 Å². The van der Waals surface area contributed by atoms with Gasteiger partial charge < -0.3 is 14.0 Å². The number of carbonyl (C=O) groups excluding carboxylic acids is 2. The molecule has 0 aromatic rings. The summed E-state index contributed by atoms with van der Waals surface area (Å²) in [5.74, 6) is 0.210. The van der Waals surface area contributed by atoms with E-state index in [9.17, 15) is 9.59 Å². The van der Waals surface area contributed by atoms with Crippen molar-refractivity contribution in [3.05, 3.63) is 0 Å². The minimum Gasteiger partial charge on any atom is -0.465 e. The molecule has 0 aliphatic rings. The third-order valence-corrected chi connectivity index (χ3v) is 3.48. The molecule has 5 nitrogen and oxygen atoms in total. The number of thioether (sulfide) groups is 1. The lowest BCUT2D eigenvalue weighted by Crippen LogP contribution is -2.38. The lowest BCUT2D eigenvalue weighted by molar-refractivity contribution is -0.870. The Balaban J connectivity index is 3.73. The van der Waals surface area contributed by atoms with Crippen molar-refractivity contribution in [2.75, 3.05) is 52.4 Å². The van der Waals surface area contributed by atoms with Crippen LogP contribution in [0.3, 0.4) is 0 Å². The molecular formula is C13H26NO4S+. The van der Waals surface area contributed by atoms with E-state index in [0.717, 1.165) is 11.0 Å². The van der Waals surface area contributed by atoms with Crippen LogP contribution in [-0.2, 0) is 19.1 Å². The summed E-state index contributed by atoms with van der Waals surface area (Å²) >= 11 is 1.40. The quantitative estimate of drug-likeness (QED) is 0.472. The van der Waals surface area contributed by atoms with E-state index < -0.39 is 0 Å². The van der Waals surface area contributed by atoms with Crippen molar-refractivity contribution < 1.29 is 23.5 Å². The molecule has 0 saturated heterocycles. The average Bonchev–Trinajstić information content (AvgIpc) is 2.27. The first kappa shape index (κ1) is 18.2. The van der Waals surface area contributed by atoms with Crippen LogP contribution in [0.4, 0.5) is 0 Å². The Hall–Kier alpha value is -0.750. The van der Waals surface area contributed by atoms with Crippen molar-refractivity contribution in [1.82, 2.24) is 0 Å². The van der Waals surface area contributed by atoms with Gasteiger partial charge in [-0.1, -0.05) is 6.92 Å². The SMILES string of the molecule is CCOC(=O)CSCC(C)C(=O)OCC[N+](C)(C)C. The monoisotopic (exact) mass is 292 g/mol. The Kier molecular flexibility index (Phi) is 8.84. The molecule has 0 rings (SSSR count). The molecule has 0 fully saturated rings. The van der Waals surface area contributed by atoms with Crippen LogP contribution in [0.15, 0.2) is 0 Å². The van der Waals surface area contributed by atoms with E-state index in [1.165, 1.54) is 11.8 Å². The van der Waals surface area contributed by atoms with Crippen molar-refractivity contribution in [3.63, 3.8) is 0 Å². The second kappa shape index (κ2) is 9.20. The molecular weight excluding hydrogens is 266 g/mol. The van der Waals surface area contributed by atoms with Crippen LogP contribution in [0.1, 0.15) is 13.8 Å². The normalized spacial score (nSPS) is 12.9. The zero-order valence-corrected chi connectivity index (χ0v) is 13.4. The molecule has 0 N–H and O–H groups in total. The highest BCUT2D eigenvalue weighted by Gasteiger charge is 2.17. The first-order valence-electron chi connectivity index (χ1n) is 6.46. The zero-order valence-electron chi connectivity index (χ0n) is 12.6. The highest BCUT2D eigenvalue weighted by molar-refractivity contribution is 7.99. The fourth-order valence-corrected chi connectivity index (χ4v) is 2.01. The molecule has 0 heterocycles. The molecule has 0 radical (unpaired) electrons. The van der Waals surface area contributed by atoms with E-state index in [-0.39, 0.29) is 23.6 Å². The summed E-state index contributed by atoms with van der Waals surface area (Å²) in [4.78, 5) is 22.8. The molecule has 0 spiro atoms. The number of hydrogen-bond acceptors (Lipinski definition) is 5. The van der Waals surface area contributed by atoms with Gasteiger partial charge in [0.1, 0.15) is 13.2 Å². The molecule has 19 heavy (non-hydrogen) atoms. The molecule has 0 amide bonds. The van der Waals surface area contributed by atoms with Gasteiger partial charge in [0.2, 0.25) is 0 Å². The fraction of sp³-hybridized carbons (Fsp3) is 0.846. The number of nitrogens with zero attached hydrogens (tertiary/aromatic N) is 1. The lowest BCUT2D eigenvalue weighted by Gasteiger charge is -2.23. The average molecular weight is 292 g/mol. The van der Waals surface area contributed by atoms with Gasteiger partial charge in [-0.2, -0.15) is 0 Å². The topological polar surface area (TPSA) is 52.6 Å². The Bertz CT molecular complexity index is 289. The van der Waals surface area contributed by atoms with Crippen LogP contribution < -0.4 is 0 Å². The maximum absolute atomic E-state index is 11.7. The van der Waals surface area contributed by atoms with E-state index in [2.05, 4.69) is 0 Å².